The number of hydrazone groups is 1. The van der Waals surface area contributed by atoms with Crippen molar-refractivity contribution < 1.29 is 9.72 Å². The largest absolute Gasteiger partial charge is 0.295 e. The van der Waals surface area contributed by atoms with Gasteiger partial charge >= 0.3 is 0 Å². The number of hydrogen-bond donors (Lipinski definition) is 1. The lowest BCUT2D eigenvalue weighted by atomic mass is 9.77. The number of hydrogen-bond acceptors (Lipinski definition) is 5. The van der Waals surface area contributed by atoms with E-state index >= 15 is 0 Å². The lowest BCUT2D eigenvalue weighted by Crippen LogP contribution is -2.34. The van der Waals surface area contributed by atoms with Gasteiger partial charge in [-0.3, -0.25) is 24.8 Å². The first-order chi connectivity index (χ1) is 18.2. The number of para-hydroxylation sites is 1. The summed E-state index contributed by atoms with van der Waals surface area (Å²) in [6, 6.07) is 21.1. The molecule has 2 atom stereocenters. The van der Waals surface area contributed by atoms with Crippen LogP contribution < -0.4 is 10.6 Å². The molecular weight excluding hydrogens is 482 g/mol. The molecule has 0 bridgehead atoms. The second-order valence-corrected chi connectivity index (χ2v) is 9.62. The van der Waals surface area contributed by atoms with Crippen molar-refractivity contribution in [3.8, 4) is 5.69 Å². The van der Waals surface area contributed by atoms with Gasteiger partial charge in [0.15, 0.2) is 0 Å². The van der Waals surface area contributed by atoms with Crippen LogP contribution in [0.4, 0.5) is 11.4 Å². The van der Waals surface area contributed by atoms with Gasteiger partial charge in [0.1, 0.15) is 0 Å². The van der Waals surface area contributed by atoms with Gasteiger partial charge in [-0.2, -0.15) is 5.10 Å². The molecule has 0 aliphatic carbocycles. The van der Waals surface area contributed by atoms with Crippen LogP contribution in [0.3, 0.4) is 0 Å². The maximum atomic E-state index is 13.9. The number of H-pyrrole nitrogens is 1. The summed E-state index contributed by atoms with van der Waals surface area (Å²) in [5.74, 6) is -2.19. The highest BCUT2D eigenvalue weighted by Crippen LogP contribution is 2.41. The second-order valence-electron chi connectivity index (χ2n) is 9.62. The molecule has 2 heterocycles. The van der Waals surface area contributed by atoms with Crippen LogP contribution in [0.1, 0.15) is 40.8 Å². The van der Waals surface area contributed by atoms with Gasteiger partial charge in [-0.05, 0) is 52.0 Å². The Hall–Kier alpha value is -4.79. The summed E-state index contributed by atoms with van der Waals surface area (Å²) in [4.78, 5) is 39.4. The highest BCUT2D eigenvalue weighted by molar-refractivity contribution is 6.15. The Balaban J connectivity index is 1.70. The lowest BCUT2D eigenvalue weighted by Gasteiger charge is -2.23. The summed E-state index contributed by atoms with van der Waals surface area (Å²) in [6.45, 7) is 7.37. The van der Waals surface area contributed by atoms with E-state index in [-0.39, 0.29) is 22.7 Å². The normalized spacial score (nSPS) is 16.0. The molecule has 9 nitrogen and oxygen atoms in total. The van der Waals surface area contributed by atoms with Crippen LogP contribution in [0.5, 0.6) is 0 Å². The van der Waals surface area contributed by atoms with Crippen LogP contribution in [0.25, 0.3) is 5.69 Å². The molecule has 0 unspecified atom stereocenters. The fourth-order valence-electron chi connectivity index (χ4n) is 5.05. The number of anilines is 1. The van der Waals surface area contributed by atoms with Gasteiger partial charge in [-0.15, -0.1) is 0 Å². The number of aromatic nitrogens is 2. The minimum absolute atomic E-state index is 0.159. The van der Waals surface area contributed by atoms with E-state index in [4.69, 9.17) is 0 Å². The molecular formula is C29H27N5O4. The van der Waals surface area contributed by atoms with Crippen molar-refractivity contribution in [2.45, 2.75) is 33.6 Å². The number of amides is 1. The molecule has 1 aliphatic heterocycles. The number of aryl methyl sites for hydroxylation is 3. The summed E-state index contributed by atoms with van der Waals surface area (Å²) in [6.07, 6.45) is 0. The molecule has 0 saturated heterocycles. The van der Waals surface area contributed by atoms with E-state index in [0.717, 1.165) is 11.1 Å². The zero-order valence-corrected chi connectivity index (χ0v) is 21.5. The Kier molecular flexibility index (Phi) is 6.28. The van der Waals surface area contributed by atoms with Gasteiger partial charge in [0.25, 0.3) is 17.2 Å². The third kappa shape index (κ3) is 4.21. The molecule has 5 rings (SSSR count). The molecule has 38 heavy (non-hydrogen) atoms. The van der Waals surface area contributed by atoms with Crippen molar-refractivity contribution in [1.29, 1.82) is 0 Å². The van der Waals surface area contributed by atoms with Crippen LogP contribution in [0, 0.1) is 36.8 Å². The monoisotopic (exact) mass is 509 g/mol. The standard InChI is InChI=1S/C29H27N5O4/c1-17-9-13-21(14-10-17)32-28(35)25(19(3)30-32)27(23-7-5-6-8-24(23)34(37)38)26-20(4)31-33(29(26)36)22-15-11-18(2)12-16-22/h5-16,25,27,31H,1-4H3/t25-,27-/m1/s1. The topological polar surface area (TPSA) is 114 Å². The average Bonchev–Trinajstić information content (AvgIpc) is 3.36. The van der Waals surface area contributed by atoms with E-state index in [0.29, 0.717) is 28.3 Å². The number of nitrogens with zero attached hydrogens (tertiary/aromatic N) is 4. The molecule has 4 aromatic rings. The van der Waals surface area contributed by atoms with Gasteiger partial charge < -0.3 is 0 Å². The molecule has 0 fully saturated rings. The SMILES string of the molecule is CC1=NN(c2ccc(C)cc2)C(=O)[C@H]1[C@@H](c1ccccc1[N+](=O)[O-])c1c(C)[nH]n(-c2ccc(C)cc2)c1=O. The number of nitro benzene ring substituents is 1. The predicted molar refractivity (Wildman–Crippen MR) is 146 cm³/mol. The quantitative estimate of drug-likeness (QED) is 0.285. The van der Waals surface area contributed by atoms with Gasteiger partial charge in [-0.1, -0.05) is 53.6 Å². The van der Waals surface area contributed by atoms with Crippen molar-refractivity contribution in [1.82, 2.24) is 9.78 Å². The summed E-state index contributed by atoms with van der Waals surface area (Å²) >= 11 is 0. The van der Waals surface area contributed by atoms with Crippen molar-refractivity contribution in [3.05, 3.63) is 121 Å². The van der Waals surface area contributed by atoms with Crippen LogP contribution in [-0.4, -0.2) is 26.3 Å². The maximum absolute atomic E-state index is 13.9. The Morgan fingerprint density at radius 1 is 0.868 bits per heavy atom. The Morgan fingerprint density at radius 3 is 2.05 bits per heavy atom. The molecule has 1 aromatic heterocycles. The fraction of sp³-hybridized carbons (Fsp3) is 0.207. The summed E-state index contributed by atoms with van der Waals surface area (Å²) in [5, 5.41) is 21.1. The number of aromatic amines is 1. The van der Waals surface area contributed by atoms with Crippen LogP contribution in [0.15, 0.2) is 82.7 Å². The zero-order valence-electron chi connectivity index (χ0n) is 21.5. The molecule has 3 aromatic carbocycles. The third-order valence-electron chi connectivity index (χ3n) is 6.98. The number of carbonyl (C=O) groups excluding carboxylic acids is 1. The molecule has 0 spiro atoms. The van der Waals surface area contributed by atoms with Crippen molar-refractivity contribution >= 4 is 23.0 Å². The minimum Gasteiger partial charge on any atom is -0.295 e. The second kappa shape index (κ2) is 9.59. The maximum Gasteiger partial charge on any atom is 0.275 e. The number of rotatable bonds is 6. The Bertz CT molecular complexity index is 1630. The molecule has 1 aliphatic rings. The molecule has 0 saturated carbocycles. The predicted octanol–water partition coefficient (Wildman–Crippen LogP) is 5.17. The van der Waals surface area contributed by atoms with Crippen LogP contribution in [0.2, 0.25) is 0 Å². The summed E-state index contributed by atoms with van der Waals surface area (Å²) < 4.78 is 1.41. The average molecular weight is 510 g/mol. The zero-order chi connectivity index (χ0) is 27.1. The number of nitro groups is 1. The number of carbonyl (C=O) groups is 1. The van der Waals surface area contributed by atoms with Crippen molar-refractivity contribution in [2.24, 2.45) is 11.0 Å². The van der Waals surface area contributed by atoms with E-state index < -0.39 is 16.8 Å². The molecule has 0 radical (unpaired) electrons. The van der Waals surface area contributed by atoms with E-state index in [1.165, 1.54) is 15.8 Å². The summed E-state index contributed by atoms with van der Waals surface area (Å²) in [5.41, 5.74) is 4.33. The molecule has 1 amide bonds. The van der Waals surface area contributed by atoms with Gasteiger partial charge in [0.2, 0.25) is 0 Å². The first kappa shape index (κ1) is 24.9. The number of benzene rings is 3. The van der Waals surface area contributed by atoms with E-state index in [1.807, 2.05) is 50.2 Å². The van der Waals surface area contributed by atoms with Gasteiger partial charge in [-0.25, -0.2) is 9.69 Å². The van der Waals surface area contributed by atoms with Crippen molar-refractivity contribution in [2.75, 3.05) is 5.01 Å². The Labute approximate surface area is 219 Å². The fourth-order valence-corrected chi connectivity index (χ4v) is 5.05. The first-order valence-electron chi connectivity index (χ1n) is 12.2. The van der Waals surface area contributed by atoms with E-state index in [2.05, 4.69) is 10.2 Å². The van der Waals surface area contributed by atoms with Crippen LogP contribution in [-0.2, 0) is 4.79 Å². The molecule has 1 N–H and O–H groups in total. The van der Waals surface area contributed by atoms with E-state index in [9.17, 15) is 19.7 Å². The van der Waals surface area contributed by atoms with Gasteiger partial charge in [0, 0.05) is 34.5 Å². The first-order valence-corrected chi connectivity index (χ1v) is 12.2. The van der Waals surface area contributed by atoms with Crippen molar-refractivity contribution in [3.63, 3.8) is 0 Å². The van der Waals surface area contributed by atoms with E-state index in [1.54, 1.807) is 44.2 Å². The molecule has 9 heteroatoms. The highest BCUT2D eigenvalue weighted by atomic mass is 16.6. The summed E-state index contributed by atoms with van der Waals surface area (Å²) in [7, 11) is 0. The smallest absolute Gasteiger partial charge is 0.275 e. The Morgan fingerprint density at radius 2 is 1.45 bits per heavy atom. The van der Waals surface area contributed by atoms with Gasteiger partial charge in [0.05, 0.1) is 22.2 Å². The highest BCUT2D eigenvalue weighted by Gasteiger charge is 2.45. The minimum atomic E-state index is -0.932. The lowest BCUT2D eigenvalue weighted by molar-refractivity contribution is -0.385. The number of nitrogens with one attached hydrogen (secondary N) is 1. The molecule has 192 valence electrons. The third-order valence-corrected chi connectivity index (χ3v) is 6.98. The van der Waals surface area contributed by atoms with Crippen LogP contribution >= 0.6 is 0 Å².